The molecule has 0 saturated heterocycles. The van der Waals surface area contributed by atoms with Crippen molar-refractivity contribution >= 4 is 21.6 Å². The van der Waals surface area contributed by atoms with Gasteiger partial charge in [0.2, 0.25) is 0 Å². The van der Waals surface area contributed by atoms with Gasteiger partial charge in [-0.15, -0.1) is 0 Å². The van der Waals surface area contributed by atoms with E-state index in [0.717, 1.165) is 11.8 Å². The fraction of sp³-hybridized carbons (Fsp3) is 0.0833. The van der Waals surface area contributed by atoms with Gasteiger partial charge in [-0.3, -0.25) is 9.82 Å². The van der Waals surface area contributed by atoms with E-state index in [1.807, 2.05) is 35.2 Å². The first kappa shape index (κ1) is 14.0. The summed E-state index contributed by atoms with van der Waals surface area (Å²) in [7, 11) is -3.83. The maximum Gasteiger partial charge on any atom is 0.265 e. The molecule has 0 spiro atoms. The Balaban J connectivity index is 2.01. The second kappa shape index (κ2) is 6.12. The Morgan fingerprint density at radius 1 is 1.21 bits per heavy atom. The highest BCUT2D eigenvalue weighted by atomic mass is 35.5. The smallest absolute Gasteiger partial charge is 0.265 e. The molecule has 0 radical (unpaired) electrons. The maximum atomic E-state index is 11.9. The van der Waals surface area contributed by atoms with E-state index in [2.05, 4.69) is 4.98 Å². The lowest BCUT2D eigenvalue weighted by Gasteiger charge is -2.08. The molecule has 1 aromatic carbocycles. The van der Waals surface area contributed by atoms with Crippen LogP contribution >= 0.6 is 11.6 Å². The second-order valence-electron chi connectivity index (χ2n) is 3.67. The van der Waals surface area contributed by atoms with Crippen LogP contribution in [-0.2, 0) is 21.5 Å². The van der Waals surface area contributed by atoms with E-state index in [9.17, 15) is 8.42 Å². The summed E-state index contributed by atoms with van der Waals surface area (Å²) in [4.78, 5) is 10.6. The van der Waals surface area contributed by atoms with Crippen molar-refractivity contribution in [2.75, 3.05) is 0 Å². The molecule has 100 valence electrons. The average molecular weight is 299 g/mol. The number of sulfonamides is 1. The van der Waals surface area contributed by atoms with Gasteiger partial charge >= 0.3 is 0 Å². The average Bonchev–Trinajstić information content (AvgIpc) is 2.40. The third-order valence-electron chi connectivity index (χ3n) is 2.27. The minimum absolute atomic E-state index is 0.0887. The number of rotatable bonds is 5. The predicted molar refractivity (Wildman–Crippen MR) is 70.8 cm³/mol. The van der Waals surface area contributed by atoms with Crippen molar-refractivity contribution in [2.24, 2.45) is 0 Å². The Hall–Kier alpha value is -1.47. The molecular weight excluding hydrogens is 288 g/mol. The van der Waals surface area contributed by atoms with Gasteiger partial charge in [-0.1, -0.05) is 46.8 Å². The summed E-state index contributed by atoms with van der Waals surface area (Å²) in [5, 5.41) is 0.0887. The summed E-state index contributed by atoms with van der Waals surface area (Å²) < 4.78 is 23.8. The lowest BCUT2D eigenvalue weighted by atomic mass is 10.2. The molecule has 2 rings (SSSR count). The lowest BCUT2D eigenvalue weighted by molar-refractivity contribution is 0.0795. The topological polar surface area (TPSA) is 68.3 Å². The molecule has 1 N–H and O–H groups in total. The molecule has 7 heteroatoms. The minimum atomic E-state index is -3.83. The van der Waals surface area contributed by atoms with E-state index < -0.39 is 10.0 Å². The molecule has 0 amide bonds. The molecule has 0 aliphatic heterocycles. The molecule has 19 heavy (non-hydrogen) atoms. The normalized spacial score (nSPS) is 11.4. The van der Waals surface area contributed by atoms with Crippen LogP contribution in [0.1, 0.15) is 5.56 Å². The van der Waals surface area contributed by atoms with Gasteiger partial charge in [0.1, 0.15) is 4.90 Å². The van der Waals surface area contributed by atoms with Crippen molar-refractivity contribution in [3.05, 3.63) is 59.4 Å². The van der Waals surface area contributed by atoms with Gasteiger partial charge in [-0.05, 0) is 11.6 Å². The van der Waals surface area contributed by atoms with E-state index in [1.165, 1.54) is 12.3 Å². The first-order chi connectivity index (χ1) is 9.09. The minimum Gasteiger partial charge on any atom is -0.282 e. The molecule has 0 unspecified atom stereocenters. The zero-order valence-corrected chi connectivity index (χ0v) is 11.4. The van der Waals surface area contributed by atoms with Crippen LogP contribution in [-0.4, -0.2) is 13.4 Å². The number of benzene rings is 1. The van der Waals surface area contributed by atoms with Crippen LogP contribution in [0, 0.1) is 0 Å². The van der Waals surface area contributed by atoms with Gasteiger partial charge in [0.05, 0.1) is 11.6 Å². The third-order valence-corrected chi connectivity index (χ3v) is 3.96. The van der Waals surface area contributed by atoms with Crippen LogP contribution in [0.2, 0.25) is 5.02 Å². The molecule has 0 atom stereocenters. The van der Waals surface area contributed by atoms with Gasteiger partial charge in [-0.25, -0.2) is 8.42 Å². The van der Waals surface area contributed by atoms with Crippen molar-refractivity contribution in [2.45, 2.75) is 11.5 Å². The van der Waals surface area contributed by atoms with E-state index in [-0.39, 0.29) is 16.5 Å². The van der Waals surface area contributed by atoms with Crippen molar-refractivity contribution in [3.8, 4) is 0 Å². The zero-order valence-electron chi connectivity index (χ0n) is 9.78. The molecule has 0 saturated carbocycles. The van der Waals surface area contributed by atoms with Gasteiger partial charge in [-0.2, -0.15) is 0 Å². The Morgan fingerprint density at radius 2 is 1.95 bits per heavy atom. The van der Waals surface area contributed by atoms with Crippen LogP contribution in [0.15, 0.2) is 53.7 Å². The molecule has 0 aliphatic carbocycles. The van der Waals surface area contributed by atoms with Crippen LogP contribution < -0.4 is 4.89 Å². The fourth-order valence-electron chi connectivity index (χ4n) is 1.37. The molecule has 1 heterocycles. The first-order valence-corrected chi connectivity index (χ1v) is 7.23. The van der Waals surface area contributed by atoms with Gasteiger partial charge in [0, 0.05) is 12.4 Å². The molecule has 5 nitrogen and oxygen atoms in total. The van der Waals surface area contributed by atoms with Crippen LogP contribution in [0.25, 0.3) is 0 Å². The number of nitrogens with zero attached hydrogens (tertiary/aromatic N) is 1. The molecule has 0 aliphatic rings. The number of aromatic nitrogens is 1. The summed E-state index contributed by atoms with van der Waals surface area (Å²) >= 11 is 5.79. The summed E-state index contributed by atoms with van der Waals surface area (Å²) in [5.74, 6) is 0. The van der Waals surface area contributed by atoms with Crippen molar-refractivity contribution in [3.63, 3.8) is 0 Å². The van der Waals surface area contributed by atoms with Crippen LogP contribution in [0.3, 0.4) is 0 Å². The largest absolute Gasteiger partial charge is 0.282 e. The number of nitrogens with one attached hydrogen (secondary N) is 1. The number of hydrogen-bond acceptors (Lipinski definition) is 4. The lowest BCUT2D eigenvalue weighted by Crippen LogP contribution is -2.24. The van der Waals surface area contributed by atoms with Crippen molar-refractivity contribution in [1.82, 2.24) is 9.87 Å². The molecular formula is C12H11ClN2O3S. The number of pyridine rings is 1. The first-order valence-electron chi connectivity index (χ1n) is 5.36. The maximum absolute atomic E-state index is 11.9. The van der Waals surface area contributed by atoms with Gasteiger partial charge in [0.15, 0.2) is 0 Å². The Kier molecular flexibility index (Phi) is 4.49. The number of hydrogen-bond donors (Lipinski definition) is 1. The molecule has 0 fully saturated rings. The summed E-state index contributed by atoms with van der Waals surface area (Å²) in [6, 6.07) is 10.6. The summed E-state index contributed by atoms with van der Waals surface area (Å²) in [6.45, 7) is 0.123. The van der Waals surface area contributed by atoms with Crippen LogP contribution in [0.5, 0.6) is 0 Å². The van der Waals surface area contributed by atoms with Crippen molar-refractivity contribution in [1.29, 1.82) is 0 Å². The van der Waals surface area contributed by atoms with E-state index in [0.29, 0.717) is 0 Å². The Morgan fingerprint density at radius 3 is 2.63 bits per heavy atom. The molecule has 1 aromatic heterocycles. The quantitative estimate of drug-likeness (QED) is 0.859. The van der Waals surface area contributed by atoms with Gasteiger partial charge in [0.25, 0.3) is 10.0 Å². The van der Waals surface area contributed by atoms with E-state index in [1.54, 1.807) is 0 Å². The second-order valence-corrected chi connectivity index (χ2v) is 5.69. The number of halogens is 1. The molecule has 2 aromatic rings. The highest BCUT2D eigenvalue weighted by molar-refractivity contribution is 7.89. The summed E-state index contributed by atoms with van der Waals surface area (Å²) in [6.07, 6.45) is 2.57. The fourth-order valence-corrected chi connectivity index (χ4v) is 2.61. The SMILES string of the molecule is O=S(=O)(NOCc1ccccc1)c1cnccc1Cl. The molecule has 0 bridgehead atoms. The van der Waals surface area contributed by atoms with Crippen LogP contribution in [0.4, 0.5) is 0 Å². The standard InChI is InChI=1S/C12H11ClN2O3S/c13-11-6-7-14-8-12(11)19(16,17)15-18-9-10-4-2-1-3-5-10/h1-8,15H,9H2. The highest BCUT2D eigenvalue weighted by Crippen LogP contribution is 2.18. The zero-order chi connectivity index (χ0) is 13.7. The summed E-state index contributed by atoms with van der Waals surface area (Å²) in [5.41, 5.74) is 0.850. The van der Waals surface area contributed by atoms with Gasteiger partial charge < -0.3 is 0 Å². The Labute approximate surface area is 116 Å². The Bertz CT molecular complexity index is 647. The predicted octanol–water partition coefficient (Wildman–Crippen LogP) is 2.15. The van der Waals surface area contributed by atoms with Crippen molar-refractivity contribution < 1.29 is 13.3 Å². The van der Waals surface area contributed by atoms with E-state index in [4.69, 9.17) is 16.4 Å². The monoisotopic (exact) mass is 298 g/mol. The van der Waals surface area contributed by atoms with E-state index >= 15 is 0 Å². The highest BCUT2D eigenvalue weighted by Gasteiger charge is 2.18. The third kappa shape index (κ3) is 3.74.